The standard InChI is InChI=1S/C22H34N6/c1-17(2)20(26-19-8-6-5-7-9-19)14-25-22(23-4)27-12-10-18(3)21(15-27)28-13-11-24-16-28/h5-9,11,13,16-18,20-21,26H,10,12,14-15H2,1-4H3,(H,23,25). The van der Waals surface area contributed by atoms with Crippen molar-refractivity contribution in [1.82, 2.24) is 19.8 Å². The van der Waals surface area contributed by atoms with Crippen molar-refractivity contribution in [2.75, 3.05) is 32.0 Å². The molecule has 1 aliphatic heterocycles. The molecule has 1 aromatic carbocycles. The molecule has 1 saturated heterocycles. The highest BCUT2D eigenvalue weighted by Gasteiger charge is 2.29. The maximum atomic E-state index is 4.57. The second-order valence-corrected chi connectivity index (χ2v) is 8.08. The fraction of sp³-hybridized carbons (Fsp3) is 0.545. The lowest BCUT2D eigenvalue weighted by Crippen LogP contribution is -2.51. The summed E-state index contributed by atoms with van der Waals surface area (Å²) >= 11 is 0. The van der Waals surface area contributed by atoms with Crippen molar-refractivity contribution in [2.45, 2.75) is 39.3 Å². The summed E-state index contributed by atoms with van der Waals surface area (Å²) in [4.78, 5) is 11.2. The molecular formula is C22H34N6. The van der Waals surface area contributed by atoms with Crippen LogP contribution in [0.4, 0.5) is 5.69 Å². The first kappa shape index (κ1) is 20.2. The first-order chi connectivity index (χ1) is 13.6. The molecule has 0 aliphatic carbocycles. The Labute approximate surface area is 169 Å². The van der Waals surface area contributed by atoms with E-state index in [4.69, 9.17) is 0 Å². The Kier molecular flexibility index (Phi) is 6.95. The molecule has 0 saturated carbocycles. The third-order valence-corrected chi connectivity index (χ3v) is 5.75. The zero-order valence-corrected chi connectivity index (χ0v) is 17.5. The molecule has 2 aromatic rings. The Morgan fingerprint density at radius 1 is 1.29 bits per heavy atom. The molecule has 6 nitrogen and oxygen atoms in total. The number of piperidine rings is 1. The van der Waals surface area contributed by atoms with Crippen LogP contribution in [0.5, 0.6) is 0 Å². The maximum Gasteiger partial charge on any atom is 0.193 e. The number of aliphatic imine (C=N–C) groups is 1. The van der Waals surface area contributed by atoms with E-state index >= 15 is 0 Å². The lowest BCUT2D eigenvalue weighted by Gasteiger charge is -2.39. The molecule has 1 fully saturated rings. The fourth-order valence-corrected chi connectivity index (χ4v) is 3.83. The van der Waals surface area contributed by atoms with Crippen LogP contribution in [0, 0.1) is 11.8 Å². The zero-order valence-electron chi connectivity index (χ0n) is 17.5. The number of guanidine groups is 1. The van der Waals surface area contributed by atoms with Crippen molar-refractivity contribution < 1.29 is 0 Å². The number of nitrogens with one attached hydrogen (secondary N) is 2. The number of anilines is 1. The van der Waals surface area contributed by atoms with Crippen molar-refractivity contribution in [3.05, 3.63) is 49.1 Å². The second kappa shape index (κ2) is 9.62. The highest BCUT2D eigenvalue weighted by atomic mass is 15.3. The van der Waals surface area contributed by atoms with Crippen LogP contribution in [-0.4, -0.2) is 53.1 Å². The highest BCUT2D eigenvalue weighted by Crippen LogP contribution is 2.27. The molecule has 152 valence electrons. The summed E-state index contributed by atoms with van der Waals surface area (Å²) in [6.45, 7) is 9.66. The molecule has 1 aliphatic rings. The number of nitrogens with zero attached hydrogens (tertiary/aromatic N) is 4. The first-order valence-corrected chi connectivity index (χ1v) is 10.3. The lowest BCUT2D eigenvalue weighted by molar-refractivity contribution is 0.188. The largest absolute Gasteiger partial charge is 0.380 e. The van der Waals surface area contributed by atoms with Crippen LogP contribution in [0.15, 0.2) is 54.0 Å². The van der Waals surface area contributed by atoms with Crippen LogP contribution in [0.25, 0.3) is 0 Å². The number of imidazole rings is 1. The molecule has 2 N–H and O–H groups in total. The van der Waals surface area contributed by atoms with E-state index < -0.39 is 0 Å². The average Bonchev–Trinajstić information content (AvgIpc) is 3.23. The zero-order chi connectivity index (χ0) is 19.9. The minimum atomic E-state index is 0.326. The Hall–Kier alpha value is -2.50. The SMILES string of the molecule is CN=C(NCC(Nc1ccccc1)C(C)C)N1CCC(C)C(n2ccnc2)C1. The van der Waals surface area contributed by atoms with Crippen LogP contribution >= 0.6 is 0 Å². The number of hydrogen-bond acceptors (Lipinski definition) is 3. The van der Waals surface area contributed by atoms with Gasteiger partial charge in [-0.2, -0.15) is 0 Å². The van der Waals surface area contributed by atoms with Gasteiger partial charge in [0.25, 0.3) is 0 Å². The molecule has 1 aromatic heterocycles. The van der Waals surface area contributed by atoms with Crippen molar-refractivity contribution in [2.24, 2.45) is 16.8 Å². The van der Waals surface area contributed by atoms with Crippen molar-refractivity contribution in [1.29, 1.82) is 0 Å². The maximum absolute atomic E-state index is 4.57. The second-order valence-electron chi connectivity index (χ2n) is 8.08. The van der Waals surface area contributed by atoms with Gasteiger partial charge in [-0.3, -0.25) is 4.99 Å². The summed E-state index contributed by atoms with van der Waals surface area (Å²) in [5, 5.41) is 7.26. The molecule has 0 bridgehead atoms. The smallest absolute Gasteiger partial charge is 0.193 e. The normalized spacial score (nSPS) is 21.6. The summed E-state index contributed by atoms with van der Waals surface area (Å²) in [5.41, 5.74) is 1.16. The minimum absolute atomic E-state index is 0.326. The van der Waals surface area contributed by atoms with Gasteiger partial charge >= 0.3 is 0 Å². The molecule has 3 atom stereocenters. The Bertz CT molecular complexity index is 725. The van der Waals surface area contributed by atoms with Gasteiger partial charge in [0.15, 0.2) is 5.96 Å². The Morgan fingerprint density at radius 3 is 2.71 bits per heavy atom. The number of likely N-dealkylation sites (tertiary alicyclic amines) is 1. The van der Waals surface area contributed by atoms with E-state index in [1.807, 2.05) is 25.6 Å². The van der Waals surface area contributed by atoms with Crippen molar-refractivity contribution in [3.63, 3.8) is 0 Å². The van der Waals surface area contributed by atoms with E-state index in [0.29, 0.717) is 23.9 Å². The predicted octanol–water partition coefficient (Wildman–Crippen LogP) is 3.48. The topological polar surface area (TPSA) is 57.5 Å². The minimum Gasteiger partial charge on any atom is -0.380 e. The van der Waals surface area contributed by atoms with Gasteiger partial charge in [0, 0.05) is 50.8 Å². The summed E-state index contributed by atoms with van der Waals surface area (Å²) in [6, 6.07) is 11.2. The number of benzene rings is 1. The highest BCUT2D eigenvalue weighted by molar-refractivity contribution is 5.80. The number of hydrogen-bond donors (Lipinski definition) is 2. The summed E-state index contributed by atoms with van der Waals surface area (Å²) in [6.07, 6.45) is 7.01. The number of para-hydroxylation sites is 1. The quantitative estimate of drug-likeness (QED) is 0.593. The average molecular weight is 383 g/mol. The lowest BCUT2D eigenvalue weighted by atomic mass is 9.93. The number of rotatable bonds is 6. The Balaban J connectivity index is 1.61. The summed E-state index contributed by atoms with van der Waals surface area (Å²) in [5.74, 6) is 2.12. The predicted molar refractivity (Wildman–Crippen MR) is 117 cm³/mol. The summed E-state index contributed by atoms with van der Waals surface area (Å²) < 4.78 is 2.23. The molecule has 6 heteroatoms. The van der Waals surface area contributed by atoms with E-state index in [-0.39, 0.29) is 0 Å². The Morgan fingerprint density at radius 2 is 2.07 bits per heavy atom. The van der Waals surface area contributed by atoms with Crippen molar-refractivity contribution >= 4 is 11.6 Å². The molecule has 28 heavy (non-hydrogen) atoms. The van der Waals surface area contributed by atoms with Gasteiger partial charge in [-0.15, -0.1) is 0 Å². The van der Waals surface area contributed by atoms with Gasteiger partial charge < -0.3 is 20.1 Å². The van der Waals surface area contributed by atoms with E-state index in [2.05, 4.69) is 81.3 Å². The van der Waals surface area contributed by atoms with Crippen LogP contribution < -0.4 is 10.6 Å². The van der Waals surface area contributed by atoms with Gasteiger partial charge in [0.2, 0.25) is 0 Å². The molecular weight excluding hydrogens is 348 g/mol. The third-order valence-electron chi connectivity index (χ3n) is 5.75. The van der Waals surface area contributed by atoms with E-state index in [0.717, 1.165) is 37.7 Å². The van der Waals surface area contributed by atoms with Crippen LogP contribution in [-0.2, 0) is 0 Å². The van der Waals surface area contributed by atoms with Crippen LogP contribution in [0.3, 0.4) is 0 Å². The van der Waals surface area contributed by atoms with Gasteiger partial charge in [0.1, 0.15) is 0 Å². The molecule has 0 radical (unpaired) electrons. The molecule has 3 unspecified atom stereocenters. The van der Waals surface area contributed by atoms with Gasteiger partial charge in [0.05, 0.1) is 12.4 Å². The summed E-state index contributed by atoms with van der Waals surface area (Å²) in [7, 11) is 1.88. The molecule has 3 rings (SSSR count). The third kappa shape index (κ3) is 5.06. The molecule has 0 amide bonds. The van der Waals surface area contributed by atoms with Gasteiger partial charge in [-0.05, 0) is 30.4 Å². The monoisotopic (exact) mass is 382 g/mol. The van der Waals surface area contributed by atoms with Gasteiger partial charge in [-0.1, -0.05) is 39.0 Å². The first-order valence-electron chi connectivity index (χ1n) is 10.3. The van der Waals surface area contributed by atoms with Crippen molar-refractivity contribution in [3.8, 4) is 0 Å². The number of aromatic nitrogens is 2. The van der Waals surface area contributed by atoms with Crippen LogP contribution in [0.2, 0.25) is 0 Å². The van der Waals surface area contributed by atoms with Gasteiger partial charge in [-0.25, -0.2) is 4.98 Å². The van der Waals surface area contributed by atoms with E-state index in [1.54, 1.807) is 0 Å². The van der Waals surface area contributed by atoms with Crippen LogP contribution in [0.1, 0.15) is 33.2 Å². The fourth-order valence-electron chi connectivity index (χ4n) is 3.83. The molecule has 2 heterocycles. The van der Waals surface area contributed by atoms with E-state index in [1.165, 1.54) is 0 Å². The van der Waals surface area contributed by atoms with E-state index in [9.17, 15) is 0 Å². The molecule has 0 spiro atoms.